The van der Waals surface area contributed by atoms with E-state index in [1.807, 2.05) is 6.07 Å². The maximum Gasteiger partial charge on any atom is 0.282 e. The van der Waals surface area contributed by atoms with Crippen molar-refractivity contribution in [2.45, 2.75) is 18.8 Å². The van der Waals surface area contributed by atoms with Crippen LogP contribution in [0.25, 0.3) is 27.9 Å². The topological polar surface area (TPSA) is 114 Å². The summed E-state index contributed by atoms with van der Waals surface area (Å²) in [5.74, 6) is -0.119. The van der Waals surface area contributed by atoms with E-state index in [1.165, 1.54) is 22.8 Å². The molecular formula is C21H14Cl2N4O4. The van der Waals surface area contributed by atoms with Crippen LogP contribution in [-0.2, 0) is 0 Å². The van der Waals surface area contributed by atoms with Gasteiger partial charge in [-0.05, 0) is 36.6 Å². The highest BCUT2D eigenvalue weighted by Gasteiger charge is 2.32. The molecule has 2 aromatic carbocycles. The Balaban J connectivity index is 1.73. The highest BCUT2D eigenvalue weighted by Crippen LogP contribution is 2.45. The van der Waals surface area contributed by atoms with Crippen molar-refractivity contribution < 1.29 is 10.0 Å². The predicted octanol–water partition coefficient (Wildman–Crippen LogP) is 5.15. The first kappa shape index (κ1) is 19.6. The predicted molar refractivity (Wildman–Crippen MR) is 117 cm³/mol. The van der Waals surface area contributed by atoms with Gasteiger partial charge in [0.2, 0.25) is 0 Å². The molecule has 4 aromatic rings. The lowest BCUT2D eigenvalue weighted by Crippen LogP contribution is -2.17. The van der Waals surface area contributed by atoms with Gasteiger partial charge in [0.1, 0.15) is 11.4 Å². The number of hydrogen-bond donors (Lipinski definition) is 2. The molecule has 2 N–H and O–H groups in total. The number of aromatic nitrogens is 3. The number of phenolic OH excluding ortho intramolecular Hbond substituents is 1. The Kier molecular flexibility index (Phi) is 4.49. The highest BCUT2D eigenvalue weighted by molar-refractivity contribution is 6.42. The number of rotatable bonds is 4. The molecule has 0 bridgehead atoms. The SMILES string of the molecule is O=c1c(-c2ccc([N+](=O)[O-])cc2O)c[nH]c2c(-c3ccc(Cl)c(Cl)c3)c(C3CC3)nn12. The first-order valence-electron chi connectivity index (χ1n) is 9.42. The van der Waals surface area contributed by atoms with E-state index >= 15 is 0 Å². The number of nitrogens with one attached hydrogen (secondary N) is 1. The quantitative estimate of drug-likeness (QED) is 0.325. The molecule has 1 fully saturated rings. The van der Waals surface area contributed by atoms with E-state index in [2.05, 4.69) is 10.1 Å². The van der Waals surface area contributed by atoms with Crippen LogP contribution in [0.2, 0.25) is 10.0 Å². The zero-order valence-corrected chi connectivity index (χ0v) is 17.3. The van der Waals surface area contributed by atoms with Crippen molar-refractivity contribution in [1.29, 1.82) is 0 Å². The minimum Gasteiger partial charge on any atom is -0.507 e. The fourth-order valence-electron chi connectivity index (χ4n) is 3.66. The average Bonchev–Trinajstić information content (AvgIpc) is 3.51. The summed E-state index contributed by atoms with van der Waals surface area (Å²) in [6.45, 7) is 0. The summed E-state index contributed by atoms with van der Waals surface area (Å²) in [4.78, 5) is 26.7. The smallest absolute Gasteiger partial charge is 0.282 e. The van der Waals surface area contributed by atoms with E-state index in [1.54, 1.807) is 12.1 Å². The van der Waals surface area contributed by atoms with Crippen molar-refractivity contribution in [3.63, 3.8) is 0 Å². The molecule has 0 aliphatic heterocycles. The van der Waals surface area contributed by atoms with Crippen LogP contribution in [0.15, 0.2) is 47.4 Å². The molecule has 0 unspecified atom stereocenters. The minimum atomic E-state index is -0.615. The van der Waals surface area contributed by atoms with E-state index in [-0.39, 0.29) is 28.5 Å². The van der Waals surface area contributed by atoms with Gasteiger partial charge in [0.15, 0.2) is 0 Å². The molecule has 8 nitrogen and oxygen atoms in total. The number of aromatic amines is 1. The molecule has 2 aromatic heterocycles. The van der Waals surface area contributed by atoms with Gasteiger partial charge < -0.3 is 10.1 Å². The summed E-state index contributed by atoms with van der Waals surface area (Å²) in [6.07, 6.45) is 3.42. The van der Waals surface area contributed by atoms with Gasteiger partial charge in [-0.25, -0.2) is 0 Å². The summed E-state index contributed by atoms with van der Waals surface area (Å²) in [5, 5.41) is 26.6. The number of fused-ring (bicyclic) bond motifs is 1. The minimum absolute atomic E-state index is 0.144. The summed E-state index contributed by atoms with van der Waals surface area (Å²) < 4.78 is 1.27. The van der Waals surface area contributed by atoms with Crippen LogP contribution in [0, 0.1) is 10.1 Å². The van der Waals surface area contributed by atoms with Crippen LogP contribution >= 0.6 is 23.2 Å². The van der Waals surface area contributed by atoms with E-state index in [0.717, 1.165) is 35.7 Å². The Morgan fingerprint density at radius 1 is 1.13 bits per heavy atom. The lowest BCUT2D eigenvalue weighted by atomic mass is 10.0. The van der Waals surface area contributed by atoms with Crippen LogP contribution in [0.3, 0.4) is 0 Å². The lowest BCUT2D eigenvalue weighted by molar-refractivity contribution is -0.384. The number of benzene rings is 2. The number of hydrogen-bond acceptors (Lipinski definition) is 5. The van der Waals surface area contributed by atoms with Crippen molar-refractivity contribution in [3.8, 4) is 28.0 Å². The molecule has 1 aliphatic rings. The Morgan fingerprint density at radius 3 is 2.55 bits per heavy atom. The molecule has 5 rings (SSSR count). The second-order valence-electron chi connectivity index (χ2n) is 7.39. The van der Waals surface area contributed by atoms with Gasteiger partial charge in [0.25, 0.3) is 11.2 Å². The molecule has 0 atom stereocenters. The normalized spacial score (nSPS) is 13.6. The van der Waals surface area contributed by atoms with Gasteiger partial charge in [-0.2, -0.15) is 9.61 Å². The molecule has 0 radical (unpaired) electrons. The third-order valence-corrected chi connectivity index (χ3v) is 6.08. The van der Waals surface area contributed by atoms with Crippen LogP contribution < -0.4 is 5.56 Å². The van der Waals surface area contributed by atoms with Gasteiger partial charge in [-0.1, -0.05) is 29.3 Å². The number of phenols is 1. The van der Waals surface area contributed by atoms with Gasteiger partial charge in [0, 0.05) is 29.3 Å². The largest absolute Gasteiger partial charge is 0.507 e. The molecular weight excluding hydrogens is 443 g/mol. The number of H-pyrrole nitrogens is 1. The molecule has 10 heteroatoms. The van der Waals surface area contributed by atoms with Crippen LogP contribution in [0.5, 0.6) is 5.75 Å². The van der Waals surface area contributed by atoms with Crippen molar-refractivity contribution in [2.75, 3.05) is 0 Å². The maximum atomic E-state index is 13.2. The number of aromatic hydroxyl groups is 1. The van der Waals surface area contributed by atoms with E-state index < -0.39 is 10.5 Å². The molecule has 0 amide bonds. The first-order valence-corrected chi connectivity index (χ1v) is 10.2. The fourth-order valence-corrected chi connectivity index (χ4v) is 3.96. The monoisotopic (exact) mass is 456 g/mol. The number of nitro benzene ring substituents is 1. The Bertz CT molecular complexity index is 1440. The number of nitro groups is 1. The molecule has 156 valence electrons. The standard InChI is InChI=1S/C21H14Cl2N4O4/c22-15-6-3-11(7-16(15)23)18-19(10-1-2-10)25-26-20(18)24-9-14(21(26)29)13-5-4-12(27(30)31)8-17(13)28/h3-10,24,28H,1-2H2. The van der Waals surface area contributed by atoms with Crippen LogP contribution in [0.4, 0.5) is 5.69 Å². The Hall–Kier alpha value is -3.36. The van der Waals surface area contributed by atoms with E-state index in [9.17, 15) is 20.0 Å². The zero-order chi connectivity index (χ0) is 21.9. The number of nitrogens with zero attached hydrogens (tertiary/aromatic N) is 3. The van der Waals surface area contributed by atoms with E-state index in [0.29, 0.717) is 15.7 Å². The van der Waals surface area contributed by atoms with Gasteiger partial charge in [0.05, 0.1) is 32.3 Å². The Morgan fingerprint density at radius 2 is 1.90 bits per heavy atom. The molecule has 0 spiro atoms. The average molecular weight is 457 g/mol. The van der Waals surface area contributed by atoms with Crippen molar-refractivity contribution >= 4 is 34.5 Å². The maximum absolute atomic E-state index is 13.2. The summed E-state index contributed by atoms with van der Waals surface area (Å²) >= 11 is 12.3. The first-order chi connectivity index (χ1) is 14.8. The molecule has 1 aliphatic carbocycles. The second-order valence-corrected chi connectivity index (χ2v) is 8.20. The van der Waals surface area contributed by atoms with Crippen LogP contribution in [0.1, 0.15) is 24.5 Å². The van der Waals surface area contributed by atoms with Crippen molar-refractivity contribution in [1.82, 2.24) is 14.6 Å². The lowest BCUT2D eigenvalue weighted by Gasteiger charge is -2.06. The summed E-state index contributed by atoms with van der Waals surface area (Å²) in [6, 6.07) is 8.85. The summed E-state index contributed by atoms with van der Waals surface area (Å²) in [7, 11) is 0. The molecule has 2 heterocycles. The molecule has 1 saturated carbocycles. The van der Waals surface area contributed by atoms with E-state index in [4.69, 9.17) is 23.2 Å². The van der Waals surface area contributed by atoms with Crippen molar-refractivity contribution in [2.24, 2.45) is 0 Å². The zero-order valence-electron chi connectivity index (χ0n) is 15.8. The summed E-state index contributed by atoms with van der Waals surface area (Å²) in [5.41, 5.74) is 2.44. The Labute approximate surface area is 184 Å². The fraction of sp³-hybridized carbons (Fsp3) is 0.143. The second kappa shape index (κ2) is 7.11. The highest BCUT2D eigenvalue weighted by atomic mass is 35.5. The third kappa shape index (κ3) is 3.24. The molecule has 0 saturated heterocycles. The number of non-ortho nitro benzene ring substituents is 1. The number of halogens is 2. The van der Waals surface area contributed by atoms with Gasteiger partial charge in [-0.3, -0.25) is 14.9 Å². The van der Waals surface area contributed by atoms with Crippen LogP contribution in [-0.4, -0.2) is 24.6 Å². The van der Waals surface area contributed by atoms with Crippen molar-refractivity contribution in [3.05, 3.63) is 78.8 Å². The van der Waals surface area contributed by atoms with Gasteiger partial charge in [-0.15, -0.1) is 0 Å². The molecule has 31 heavy (non-hydrogen) atoms. The third-order valence-electron chi connectivity index (χ3n) is 5.34. The van der Waals surface area contributed by atoms with Gasteiger partial charge >= 0.3 is 0 Å².